The zero-order valence-electron chi connectivity index (χ0n) is 9.72. The number of halogens is 1. The average Bonchev–Trinajstić information content (AvgIpc) is 2.34. The molecule has 0 aromatic heterocycles. The Morgan fingerprint density at radius 3 is 2.72 bits per heavy atom. The highest BCUT2D eigenvalue weighted by atomic mass is 19.1. The third kappa shape index (κ3) is 3.10. The molecule has 0 fully saturated rings. The minimum Gasteiger partial charge on any atom is -0.293 e. The highest BCUT2D eigenvalue weighted by Gasteiger charge is 2.21. The summed E-state index contributed by atoms with van der Waals surface area (Å²) in [5.74, 6) is -2.33. The van der Waals surface area contributed by atoms with Crippen molar-refractivity contribution in [1.82, 2.24) is 0 Å². The summed E-state index contributed by atoms with van der Waals surface area (Å²) < 4.78 is 13.2. The van der Waals surface area contributed by atoms with Gasteiger partial charge in [-0.25, -0.2) is 4.39 Å². The second-order valence-corrected chi connectivity index (χ2v) is 3.79. The first kappa shape index (κ1) is 13.8. The summed E-state index contributed by atoms with van der Waals surface area (Å²) in [6.45, 7) is 1.81. The maximum Gasteiger partial charge on any atom is 0.273 e. The molecule has 1 atom stereocenters. The highest BCUT2D eigenvalue weighted by Crippen LogP contribution is 2.20. The maximum atomic E-state index is 13.2. The van der Waals surface area contributed by atoms with E-state index in [1.54, 1.807) is 0 Å². The number of nitriles is 1. The van der Waals surface area contributed by atoms with Crippen LogP contribution in [-0.2, 0) is 0 Å². The number of nitro benzene ring substituents is 1. The van der Waals surface area contributed by atoms with Gasteiger partial charge in [-0.15, -0.1) is 0 Å². The third-order valence-corrected chi connectivity index (χ3v) is 2.43. The molecular weight excluding hydrogens is 239 g/mol. The van der Waals surface area contributed by atoms with E-state index in [1.807, 2.05) is 13.0 Å². The molecule has 0 spiro atoms. The van der Waals surface area contributed by atoms with Gasteiger partial charge in [-0.2, -0.15) is 5.26 Å². The van der Waals surface area contributed by atoms with Crippen molar-refractivity contribution in [3.63, 3.8) is 0 Å². The van der Waals surface area contributed by atoms with E-state index >= 15 is 0 Å². The van der Waals surface area contributed by atoms with Crippen LogP contribution in [0.1, 0.15) is 30.1 Å². The molecule has 0 bridgehead atoms. The predicted molar refractivity (Wildman–Crippen MR) is 61.4 cm³/mol. The Morgan fingerprint density at radius 1 is 1.56 bits per heavy atom. The molecule has 1 aromatic carbocycles. The SMILES string of the molecule is CCCC(C#N)C(=O)c1cc(F)cc([N+](=O)[O-])c1. The summed E-state index contributed by atoms with van der Waals surface area (Å²) >= 11 is 0. The Balaban J connectivity index is 3.13. The van der Waals surface area contributed by atoms with E-state index in [9.17, 15) is 19.3 Å². The van der Waals surface area contributed by atoms with Gasteiger partial charge in [0.15, 0.2) is 5.78 Å². The summed E-state index contributed by atoms with van der Waals surface area (Å²) in [7, 11) is 0. The van der Waals surface area contributed by atoms with Gasteiger partial charge in [0, 0.05) is 11.6 Å². The minimum absolute atomic E-state index is 0.137. The van der Waals surface area contributed by atoms with E-state index in [0.717, 1.165) is 18.2 Å². The lowest BCUT2D eigenvalue weighted by Gasteiger charge is -2.06. The third-order valence-electron chi connectivity index (χ3n) is 2.43. The number of hydrogen-bond donors (Lipinski definition) is 0. The molecule has 0 aliphatic heterocycles. The summed E-state index contributed by atoms with van der Waals surface area (Å²) in [4.78, 5) is 21.7. The Bertz CT molecular complexity index is 523. The van der Waals surface area contributed by atoms with E-state index in [0.29, 0.717) is 12.8 Å². The molecule has 0 amide bonds. The van der Waals surface area contributed by atoms with Crippen molar-refractivity contribution < 1.29 is 14.1 Å². The van der Waals surface area contributed by atoms with Gasteiger partial charge in [-0.3, -0.25) is 14.9 Å². The van der Waals surface area contributed by atoms with Crippen molar-refractivity contribution in [1.29, 1.82) is 5.26 Å². The van der Waals surface area contributed by atoms with Crippen LogP contribution in [0.5, 0.6) is 0 Å². The molecule has 6 heteroatoms. The monoisotopic (exact) mass is 250 g/mol. The first-order valence-electron chi connectivity index (χ1n) is 5.38. The van der Waals surface area contributed by atoms with Gasteiger partial charge in [0.2, 0.25) is 0 Å². The molecule has 1 aromatic rings. The fourth-order valence-corrected chi connectivity index (χ4v) is 1.57. The van der Waals surface area contributed by atoms with E-state index < -0.39 is 28.1 Å². The lowest BCUT2D eigenvalue weighted by molar-refractivity contribution is -0.385. The molecule has 0 aliphatic rings. The maximum absolute atomic E-state index is 13.2. The molecular formula is C12H11FN2O3. The minimum atomic E-state index is -0.892. The molecule has 5 nitrogen and oxygen atoms in total. The summed E-state index contributed by atoms with van der Waals surface area (Å²) in [6, 6.07) is 4.47. The second kappa shape index (κ2) is 5.87. The number of Topliss-reactive ketones (excluding diaryl/α,β-unsaturated/α-hetero) is 1. The number of carbonyl (C=O) groups is 1. The summed E-state index contributed by atoms with van der Waals surface area (Å²) in [5.41, 5.74) is -0.631. The Hall–Kier alpha value is -2.29. The second-order valence-electron chi connectivity index (χ2n) is 3.79. The molecule has 18 heavy (non-hydrogen) atoms. The van der Waals surface area contributed by atoms with Crippen LogP contribution in [0.25, 0.3) is 0 Å². The quantitative estimate of drug-likeness (QED) is 0.457. The molecule has 94 valence electrons. The van der Waals surface area contributed by atoms with E-state index in [-0.39, 0.29) is 5.56 Å². The van der Waals surface area contributed by atoms with E-state index in [1.165, 1.54) is 0 Å². The van der Waals surface area contributed by atoms with Gasteiger partial charge < -0.3 is 0 Å². The van der Waals surface area contributed by atoms with Crippen molar-refractivity contribution in [3.05, 3.63) is 39.7 Å². The molecule has 0 N–H and O–H groups in total. The van der Waals surface area contributed by atoms with E-state index in [2.05, 4.69) is 0 Å². The zero-order chi connectivity index (χ0) is 13.7. The standard InChI is InChI=1S/C12H11FN2O3/c1-2-3-8(7-14)12(16)9-4-10(13)6-11(5-9)15(17)18/h4-6,8H,2-3H2,1H3. The van der Waals surface area contributed by atoms with Crippen LogP contribution in [0.15, 0.2) is 18.2 Å². The van der Waals surface area contributed by atoms with Crippen molar-refractivity contribution in [2.45, 2.75) is 19.8 Å². The van der Waals surface area contributed by atoms with Crippen LogP contribution in [0.2, 0.25) is 0 Å². The van der Waals surface area contributed by atoms with Crippen LogP contribution in [0, 0.1) is 33.2 Å². The smallest absolute Gasteiger partial charge is 0.273 e. The zero-order valence-corrected chi connectivity index (χ0v) is 9.72. The molecule has 1 unspecified atom stereocenters. The van der Waals surface area contributed by atoms with E-state index in [4.69, 9.17) is 5.26 Å². The van der Waals surface area contributed by atoms with Crippen LogP contribution < -0.4 is 0 Å². The number of nitrogens with zero attached hydrogens (tertiary/aromatic N) is 2. The van der Waals surface area contributed by atoms with Crippen molar-refractivity contribution in [2.75, 3.05) is 0 Å². The Morgan fingerprint density at radius 2 is 2.22 bits per heavy atom. The number of carbonyl (C=O) groups excluding carboxylic acids is 1. The van der Waals surface area contributed by atoms with Gasteiger partial charge in [0.25, 0.3) is 5.69 Å². The van der Waals surface area contributed by atoms with Crippen molar-refractivity contribution in [2.24, 2.45) is 5.92 Å². The normalized spacial score (nSPS) is 11.6. The van der Waals surface area contributed by atoms with Crippen LogP contribution in [0.4, 0.5) is 10.1 Å². The Labute approximate surface area is 103 Å². The number of benzene rings is 1. The molecule has 0 radical (unpaired) electrons. The molecule has 0 heterocycles. The van der Waals surface area contributed by atoms with Crippen molar-refractivity contribution >= 4 is 11.5 Å². The number of ketones is 1. The summed E-state index contributed by atoms with van der Waals surface area (Å²) in [6.07, 6.45) is 0.973. The Kier molecular flexibility index (Phi) is 4.49. The fourth-order valence-electron chi connectivity index (χ4n) is 1.57. The van der Waals surface area contributed by atoms with Gasteiger partial charge in [-0.1, -0.05) is 13.3 Å². The van der Waals surface area contributed by atoms with Gasteiger partial charge in [0.1, 0.15) is 11.7 Å². The fraction of sp³-hybridized carbons (Fsp3) is 0.333. The van der Waals surface area contributed by atoms with Crippen LogP contribution in [0.3, 0.4) is 0 Å². The molecule has 0 saturated heterocycles. The summed E-state index contributed by atoms with van der Waals surface area (Å²) in [5, 5.41) is 19.4. The van der Waals surface area contributed by atoms with Crippen LogP contribution in [-0.4, -0.2) is 10.7 Å². The highest BCUT2D eigenvalue weighted by molar-refractivity contribution is 5.99. The number of rotatable bonds is 5. The molecule has 0 saturated carbocycles. The van der Waals surface area contributed by atoms with Crippen molar-refractivity contribution in [3.8, 4) is 6.07 Å². The first-order valence-corrected chi connectivity index (χ1v) is 5.38. The molecule has 0 aliphatic carbocycles. The number of non-ortho nitro benzene ring substituents is 1. The molecule has 1 rings (SSSR count). The lowest BCUT2D eigenvalue weighted by atomic mass is 9.94. The van der Waals surface area contributed by atoms with Gasteiger partial charge in [-0.05, 0) is 12.5 Å². The first-order chi connectivity index (χ1) is 8.49. The lowest BCUT2D eigenvalue weighted by Crippen LogP contribution is -2.13. The topological polar surface area (TPSA) is 84.0 Å². The number of hydrogen-bond acceptors (Lipinski definition) is 4. The average molecular weight is 250 g/mol. The van der Waals surface area contributed by atoms with Crippen LogP contribution >= 0.6 is 0 Å². The van der Waals surface area contributed by atoms with Gasteiger partial charge >= 0.3 is 0 Å². The number of nitro groups is 1. The van der Waals surface area contributed by atoms with Gasteiger partial charge in [0.05, 0.1) is 17.1 Å². The predicted octanol–water partition coefficient (Wildman–Crippen LogP) is 2.86. The largest absolute Gasteiger partial charge is 0.293 e.